The molecule has 0 N–H and O–H groups in total. The van der Waals surface area contributed by atoms with Crippen molar-refractivity contribution >= 4 is 39.2 Å². The third-order valence-electron chi connectivity index (χ3n) is 6.15. The van der Waals surface area contributed by atoms with Crippen molar-refractivity contribution in [1.82, 2.24) is 24.1 Å². The van der Waals surface area contributed by atoms with Crippen molar-refractivity contribution in [3.8, 4) is 5.69 Å². The van der Waals surface area contributed by atoms with Crippen LogP contribution in [0.5, 0.6) is 0 Å². The van der Waals surface area contributed by atoms with Gasteiger partial charge in [0.05, 0.1) is 23.2 Å². The molecular formula is C26H25N5O3. The Bertz CT molecular complexity index is 1620. The summed E-state index contributed by atoms with van der Waals surface area (Å²) in [5.41, 5.74) is 4.03. The minimum absolute atomic E-state index is 0.0000714. The van der Waals surface area contributed by atoms with Crippen molar-refractivity contribution in [1.29, 1.82) is 0 Å². The van der Waals surface area contributed by atoms with E-state index < -0.39 is 0 Å². The number of hydrogen-bond acceptors (Lipinski definition) is 6. The zero-order chi connectivity index (χ0) is 24.0. The zero-order valence-electron chi connectivity index (χ0n) is 19.6. The number of ether oxygens (including phenoxy) is 1. The van der Waals surface area contributed by atoms with Gasteiger partial charge in [-0.2, -0.15) is 0 Å². The van der Waals surface area contributed by atoms with E-state index in [1.165, 1.54) is 0 Å². The van der Waals surface area contributed by atoms with Crippen LogP contribution < -0.4 is 5.56 Å². The Labute approximate surface area is 195 Å². The molecule has 0 saturated carbocycles. The number of aryl methyl sites for hydroxylation is 1. The SMILES string of the molecule is CCOC(=O)c1ccc(-n2c3nc4ccccc4nc3c3c(=O)n(C(C)CC)c(C)nc32)cc1. The number of benzene rings is 2. The standard InChI is InChI=1S/C26H25N5O3/c1-5-15(3)30-16(4)27-23-21(25(30)32)22-24(29-20-10-8-7-9-19(20)28-22)31(23)18-13-11-17(12-14-18)26(33)34-6-2/h7-15H,5-6H2,1-4H3. The van der Waals surface area contributed by atoms with E-state index in [4.69, 9.17) is 19.7 Å². The van der Waals surface area contributed by atoms with Crippen LogP contribution in [0.1, 0.15) is 49.4 Å². The Hall–Kier alpha value is -4.07. The fourth-order valence-corrected chi connectivity index (χ4v) is 4.32. The van der Waals surface area contributed by atoms with Crippen LogP contribution in [-0.2, 0) is 4.74 Å². The Morgan fingerprint density at radius 2 is 1.65 bits per heavy atom. The van der Waals surface area contributed by atoms with Gasteiger partial charge in [0.15, 0.2) is 11.3 Å². The molecule has 5 aromatic rings. The minimum Gasteiger partial charge on any atom is -0.462 e. The number of rotatable bonds is 5. The number of para-hydroxylation sites is 2. The second-order valence-electron chi connectivity index (χ2n) is 8.28. The predicted molar refractivity (Wildman–Crippen MR) is 132 cm³/mol. The fourth-order valence-electron chi connectivity index (χ4n) is 4.32. The molecule has 0 bridgehead atoms. The summed E-state index contributed by atoms with van der Waals surface area (Å²) >= 11 is 0. The first-order valence-electron chi connectivity index (χ1n) is 11.4. The van der Waals surface area contributed by atoms with Gasteiger partial charge in [0.1, 0.15) is 16.7 Å². The summed E-state index contributed by atoms with van der Waals surface area (Å²) in [5.74, 6) is 0.246. The van der Waals surface area contributed by atoms with Gasteiger partial charge in [-0.3, -0.25) is 13.9 Å². The van der Waals surface area contributed by atoms with Crippen LogP contribution in [0.3, 0.4) is 0 Å². The number of carbonyl (C=O) groups excluding carboxylic acids is 1. The van der Waals surface area contributed by atoms with Crippen LogP contribution >= 0.6 is 0 Å². The molecule has 8 heteroatoms. The molecule has 0 fully saturated rings. The maximum absolute atomic E-state index is 13.7. The van der Waals surface area contributed by atoms with Crippen LogP contribution in [0.15, 0.2) is 53.3 Å². The second kappa shape index (κ2) is 8.37. The van der Waals surface area contributed by atoms with Crippen LogP contribution in [0.25, 0.3) is 38.9 Å². The normalized spacial score (nSPS) is 12.5. The number of nitrogens with zero attached hydrogens (tertiary/aromatic N) is 5. The molecule has 0 aliphatic rings. The quantitative estimate of drug-likeness (QED) is 0.356. The van der Waals surface area contributed by atoms with Crippen molar-refractivity contribution < 1.29 is 9.53 Å². The van der Waals surface area contributed by atoms with E-state index in [1.54, 1.807) is 35.8 Å². The maximum Gasteiger partial charge on any atom is 0.338 e. The molecule has 3 heterocycles. The number of aromatic nitrogens is 5. The van der Waals surface area contributed by atoms with E-state index in [9.17, 15) is 9.59 Å². The molecule has 1 atom stereocenters. The molecule has 0 amide bonds. The van der Waals surface area contributed by atoms with E-state index in [-0.39, 0.29) is 17.6 Å². The van der Waals surface area contributed by atoms with Gasteiger partial charge in [-0.05, 0) is 63.6 Å². The molecule has 3 aromatic heterocycles. The van der Waals surface area contributed by atoms with Crippen molar-refractivity contribution in [3.05, 3.63) is 70.3 Å². The summed E-state index contributed by atoms with van der Waals surface area (Å²) in [5, 5.41) is 0.439. The van der Waals surface area contributed by atoms with E-state index in [0.717, 1.165) is 17.6 Å². The number of carbonyl (C=O) groups is 1. The molecule has 1 unspecified atom stereocenters. The highest BCUT2D eigenvalue weighted by molar-refractivity contribution is 6.06. The van der Waals surface area contributed by atoms with Gasteiger partial charge in [-0.1, -0.05) is 19.1 Å². The van der Waals surface area contributed by atoms with Crippen molar-refractivity contribution in [3.63, 3.8) is 0 Å². The Morgan fingerprint density at radius 3 is 2.29 bits per heavy atom. The number of hydrogen-bond donors (Lipinski definition) is 0. The molecule has 0 spiro atoms. The lowest BCUT2D eigenvalue weighted by atomic mass is 10.2. The first-order chi connectivity index (χ1) is 16.4. The van der Waals surface area contributed by atoms with E-state index in [2.05, 4.69) is 0 Å². The van der Waals surface area contributed by atoms with Crippen molar-refractivity contribution in [2.75, 3.05) is 6.61 Å². The topological polar surface area (TPSA) is 91.9 Å². The molecule has 5 rings (SSSR count). The largest absolute Gasteiger partial charge is 0.462 e. The first kappa shape index (κ1) is 21.8. The lowest BCUT2D eigenvalue weighted by Gasteiger charge is -2.16. The average Bonchev–Trinajstić information content (AvgIpc) is 3.15. The lowest BCUT2D eigenvalue weighted by Crippen LogP contribution is -2.26. The van der Waals surface area contributed by atoms with Gasteiger partial charge in [0, 0.05) is 11.7 Å². The molecule has 0 aliphatic heterocycles. The first-order valence-corrected chi connectivity index (χ1v) is 11.4. The second-order valence-corrected chi connectivity index (χ2v) is 8.28. The fraction of sp³-hybridized carbons (Fsp3) is 0.269. The maximum atomic E-state index is 13.7. The highest BCUT2D eigenvalue weighted by atomic mass is 16.5. The third kappa shape index (κ3) is 3.34. The van der Waals surface area contributed by atoms with Gasteiger partial charge in [0.25, 0.3) is 5.56 Å². The number of esters is 1. The third-order valence-corrected chi connectivity index (χ3v) is 6.15. The molecule has 0 aliphatic carbocycles. The molecular weight excluding hydrogens is 430 g/mol. The minimum atomic E-state index is -0.382. The summed E-state index contributed by atoms with van der Waals surface area (Å²) in [6.45, 7) is 7.98. The van der Waals surface area contributed by atoms with Crippen molar-refractivity contribution in [2.24, 2.45) is 0 Å². The highest BCUT2D eigenvalue weighted by Gasteiger charge is 2.23. The highest BCUT2D eigenvalue weighted by Crippen LogP contribution is 2.29. The molecule has 0 saturated heterocycles. The van der Waals surface area contributed by atoms with Gasteiger partial charge >= 0.3 is 5.97 Å². The summed E-state index contributed by atoms with van der Waals surface area (Å²) < 4.78 is 8.67. The van der Waals surface area contributed by atoms with Gasteiger partial charge in [0.2, 0.25) is 0 Å². The van der Waals surface area contributed by atoms with E-state index in [0.29, 0.717) is 45.7 Å². The smallest absolute Gasteiger partial charge is 0.338 e. The summed E-state index contributed by atoms with van der Waals surface area (Å²) in [6.07, 6.45) is 0.802. The van der Waals surface area contributed by atoms with Crippen LogP contribution in [0.4, 0.5) is 0 Å². The Balaban J connectivity index is 1.87. The lowest BCUT2D eigenvalue weighted by molar-refractivity contribution is 0.0526. The van der Waals surface area contributed by atoms with Crippen LogP contribution in [0, 0.1) is 6.92 Å². The summed E-state index contributed by atoms with van der Waals surface area (Å²) in [6, 6.07) is 14.6. The van der Waals surface area contributed by atoms with Crippen molar-refractivity contribution in [2.45, 2.75) is 40.2 Å². The monoisotopic (exact) mass is 455 g/mol. The summed E-state index contributed by atoms with van der Waals surface area (Å²) in [7, 11) is 0. The summed E-state index contributed by atoms with van der Waals surface area (Å²) in [4.78, 5) is 40.4. The molecule has 8 nitrogen and oxygen atoms in total. The van der Waals surface area contributed by atoms with Crippen LogP contribution in [-0.4, -0.2) is 36.7 Å². The van der Waals surface area contributed by atoms with Crippen LogP contribution in [0.2, 0.25) is 0 Å². The molecule has 2 aromatic carbocycles. The number of fused-ring (bicyclic) bond motifs is 4. The average molecular weight is 456 g/mol. The van der Waals surface area contributed by atoms with Gasteiger partial charge in [-0.15, -0.1) is 0 Å². The zero-order valence-corrected chi connectivity index (χ0v) is 19.6. The van der Waals surface area contributed by atoms with E-state index in [1.807, 2.05) is 49.6 Å². The Morgan fingerprint density at radius 1 is 0.971 bits per heavy atom. The molecule has 172 valence electrons. The van der Waals surface area contributed by atoms with Gasteiger partial charge in [-0.25, -0.2) is 19.7 Å². The molecule has 34 heavy (non-hydrogen) atoms. The van der Waals surface area contributed by atoms with E-state index >= 15 is 0 Å². The predicted octanol–water partition coefficient (Wildman–Crippen LogP) is 4.74. The molecule has 0 radical (unpaired) electrons. The Kier molecular flexibility index (Phi) is 5.36. The van der Waals surface area contributed by atoms with Gasteiger partial charge < -0.3 is 4.74 Å².